The number of amides is 1. The lowest BCUT2D eigenvalue weighted by Crippen LogP contribution is -2.25. The van der Waals surface area contributed by atoms with Gasteiger partial charge < -0.3 is 25.3 Å². The first-order valence-electron chi connectivity index (χ1n) is 8.12. The lowest BCUT2D eigenvalue weighted by molar-refractivity contribution is -0.134. The Kier molecular flexibility index (Phi) is 13.6. The number of allylic oxidation sites excluding steroid dienone is 1. The summed E-state index contributed by atoms with van der Waals surface area (Å²) in [5, 5.41) is 18.3. The van der Waals surface area contributed by atoms with E-state index >= 15 is 0 Å². The summed E-state index contributed by atoms with van der Waals surface area (Å²) in [7, 11) is 0. The molecule has 9 heteroatoms. The molecule has 0 saturated heterocycles. The number of aromatic amines is 1. The van der Waals surface area contributed by atoms with E-state index < -0.39 is 11.9 Å². The van der Waals surface area contributed by atoms with Crippen LogP contribution in [0.1, 0.15) is 31.9 Å². The number of nitrogens with one attached hydrogen (secondary N) is 2. The van der Waals surface area contributed by atoms with Gasteiger partial charge in [-0.05, 0) is 25.7 Å². The summed E-state index contributed by atoms with van der Waals surface area (Å²) in [6.45, 7) is 3.13. The lowest BCUT2D eigenvalue weighted by Gasteiger charge is -2.05. The maximum absolute atomic E-state index is 11.3. The van der Waals surface area contributed by atoms with Crippen LogP contribution in [0, 0.1) is 0 Å². The largest absolute Gasteiger partial charge is 0.478 e. The van der Waals surface area contributed by atoms with E-state index in [1.54, 1.807) is 12.5 Å². The number of carbonyl (C=O) groups excluding carboxylic acids is 1. The molecule has 0 atom stereocenters. The van der Waals surface area contributed by atoms with E-state index in [0.717, 1.165) is 31.4 Å². The van der Waals surface area contributed by atoms with Crippen LogP contribution in [-0.4, -0.2) is 51.4 Å². The molecule has 0 saturated carbocycles. The third-order valence-corrected chi connectivity index (χ3v) is 2.73. The molecule has 26 heavy (non-hydrogen) atoms. The molecule has 0 unspecified atom stereocenters. The van der Waals surface area contributed by atoms with Gasteiger partial charge in [0.1, 0.15) is 0 Å². The summed E-state index contributed by atoms with van der Waals surface area (Å²) in [5.74, 6) is -2.51. The maximum Gasteiger partial charge on any atom is 0.407 e. The predicted octanol–water partition coefficient (Wildman–Crippen LogP) is 2.14. The Labute approximate surface area is 151 Å². The summed E-state index contributed by atoms with van der Waals surface area (Å²) in [6, 6.07) is 0. The Morgan fingerprint density at radius 2 is 1.92 bits per heavy atom. The van der Waals surface area contributed by atoms with Gasteiger partial charge in [0.05, 0.1) is 12.9 Å². The second-order valence-corrected chi connectivity index (χ2v) is 4.92. The highest BCUT2D eigenvalue weighted by molar-refractivity contribution is 5.89. The van der Waals surface area contributed by atoms with E-state index in [9.17, 15) is 14.4 Å². The van der Waals surface area contributed by atoms with Crippen molar-refractivity contribution in [3.8, 4) is 0 Å². The lowest BCUT2D eigenvalue weighted by atomic mass is 10.3. The number of ether oxygens (including phenoxy) is 1. The number of aromatic nitrogens is 2. The minimum atomic E-state index is -1.26. The van der Waals surface area contributed by atoms with Crippen molar-refractivity contribution in [1.29, 1.82) is 0 Å². The van der Waals surface area contributed by atoms with Crippen molar-refractivity contribution in [2.75, 3.05) is 13.2 Å². The molecule has 144 valence electrons. The molecule has 1 amide bonds. The third kappa shape index (κ3) is 15.8. The molecule has 1 aromatic heterocycles. The molecule has 0 radical (unpaired) electrons. The van der Waals surface area contributed by atoms with Gasteiger partial charge in [-0.2, -0.15) is 0 Å². The SMILES string of the molecule is CC/C=C/CCNC(=O)OCCCc1cnc[nH]1.O=C(O)/C=C\C(=O)O. The Balaban J connectivity index is 0.000000660. The minimum absolute atomic E-state index is 0.343. The van der Waals surface area contributed by atoms with Gasteiger partial charge in [-0.15, -0.1) is 0 Å². The first-order chi connectivity index (χ1) is 12.5. The van der Waals surface area contributed by atoms with Crippen LogP contribution in [0.3, 0.4) is 0 Å². The fourth-order valence-electron chi connectivity index (χ4n) is 1.58. The normalized spacial score (nSPS) is 10.3. The molecule has 1 heterocycles. The molecular formula is C17H25N3O6. The van der Waals surface area contributed by atoms with Crippen molar-refractivity contribution in [2.45, 2.75) is 32.6 Å². The number of hydrogen-bond acceptors (Lipinski definition) is 5. The number of H-pyrrole nitrogens is 1. The number of imidazole rings is 1. The van der Waals surface area contributed by atoms with Crippen molar-refractivity contribution in [3.05, 3.63) is 42.5 Å². The summed E-state index contributed by atoms with van der Waals surface area (Å²) < 4.78 is 5.04. The smallest absolute Gasteiger partial charge is 0.407 e. The highest BCUT2D eigenvalue weighted by Gasteiger charge is 2.00. The number of aryl methyl sites for hydroxylation is 1. The number of nitrogens with zero attached hydrogens (tertiary/aromatic N) is 1. The van der Waals surface area contributed by atoms with Gasteiger partial charge in [-0.3, -0.25) is 0 Å². The minimum Gasteiger partial charge on any atom is -0.478 e. The molecule has 0 fully saturated rings. The number of rotatable bonds is 10. The van der Waals surface area contributed by atoms with E-state index in [-0.39, 0.29) is 6.09 Å². The summed E-state index contributed by atoms with van der Waals surface area (Å²) in [5.41, 5.74) is 1.06. The Morgan fingerprint density at radius 1 is 1.23 bits per heavy atom. The van der Waals surface area contributed by atoms with Crippen LogP contribution in [0.2, 0.25) is 0 Å². The fraction of sp³-hybridized carbons (Fsp3) is 0.412. The van der Waals surface area contributed by atoms with Gasteiger partial charge >= 0.3 is 18.0 Å². The van der Waals surface area contributed by atoms with E-state index in [2.05, 4.69) is 34.4 Å². The van der Waals surface area contributed by atoms with Crippen molar-refractivity contribution in [2.24, 2.45) is 0 Å². The van der Waals surface area contributed by atoms with E-state index in [4.69, 9.17) is 14.9 Å². The average molecular weight is 367 g/mol. The second-order valence-electron chi connectivity index (χ2n) is 4.92. The van der Waals surface area contributed by atoms with Crippen LogP contribution in [0.4, 0.5) is 4.79 Å². The molecule has 1 rings (SSSR count). The predicted molar refractivity (Wildman–Crippen MR) is 94.7 cm³/mol. The topological polar surface area (TPSA) is 142 Å². The van der Waals surface area contributed by atoms with Crippen molar-refractivity contribution >= 4 is 18.0 Å². The number of carboxylic acids is 2. The standard InChI is InChI=1S/C13H21N3O2.C4H4O4/c1-2-3-4-5-8-15-13(17)18-9-6-7-12-10-14-11-16-12;5-3(6)1-2-4(7)8/h3-4,10-11H,2,5-9H2,1H3,(H,14,16)(H,15,17);1-2H,(H,5,6)(H,7,8)/b4-3+;2-1-. The second kappa shape index (κ2) is 15.4. The molecule has 0 bridgehead atoms. The molecular weight excluding hydrogens is 342 g/mol. The summed E-state index contributed by atoms with van der Waals surface area (Å²) in [6.07, 6.45) is 11.8. The summed E-state index contributed by atoms with van der Waals surface area (Å²) in [4.78, 5) is 37.3. The zero-order valence-corrected chi connectivity index (χ0v) is 14.7. The monoisotopic (exact) mass is 367 g/mol. The van der Waals surface area contributed by atoms with Crippen LogP contribution in [-0.2, 0) is 20.7 Å². The number of aliphatic carboxylic acids is 2. The number of carbonyl (C=O) groups is 3. The molecule has 9 nitrogen and oxygen atoms in total. The van der Waals surface area contributed by atoms with Gasteiger partial charge in [-0.1, -0.05) is 19.1 Å². The first kappa shape index (κ1) is 22.9. The molecule has 0 spiro atoms. The Bertz CT molecular complexity index is 565. The third-order valence-electron chi connectivity index (χ3n) is 2.73. The number of carboxylic acid groups (broad SMARTS) is 2. The van der Waals surface area contributed by atoms with Crippen LogP contribution < -0.4 is 5.32 Å². The van der Waals surface area contributed by atoms with Gasteiger partial charge in [0, 0.05) is 30.6 Å². The molecule has 4 N–H and O–H groups in total. The van der Waals surface area contributed by atoms with Crippen LogP contribution >= 0.6 is 0 Å². The number of alkyl carbamates (subject to hydrolysis) is 1. The van der Waals surface area contributed by atoms with Crippen molar-refractivity contribution < 1.29 is 29.3 Å². The van der Waals surface area contributed by atoms with E-state index in [0.29, 0.717) is 25.3 Å². The first-order valence-corrected chi connectivity index (χ1v) is 8.12. The molecule has 1 aromatic rings. The van der Waals surface area contributed by atoms with Crippen LogP contribution in [0.5, 0.6) is 0 Å². The van der Waals surface area contributed by atoms with Crippen LogP contribution in [0.25, 0.3) is 0 Å². The van der Waals surface area contributed by atoms with Gasteiger partial charge in [-0.25, -0.2) is 19.4 Å². The van der Waals surface area contributed by atoms with Gasteiger partial charge in [0.15, 0.2) is 0 Å². The van der Waals surface area contributed by atoms with Gasteiger partial charge in [0.2, 0.25) is 0 Å². The molecule has 0 aliphatic carbocycles. The highest BCUT2D eigenvalue weighted by Crippen LogP contribution is 1.97. The molecule has 0 aliphatic heterocycles. The molecule has 0 aliphatic rings. The van der Waals surface area contributed by atoms with E-state index in [1.165, 1.54) is 0 Å². The van der Waals surface area contributed by atoms with E-state index in [1.807, 2.05) is 0 Å². The van der Waals surface area contributed by atoms with Crippen molar-refractivity contribution in [3.63, 3.8) is 0 Å². The Hall–Kier alpha value is -3.10. The average Bonchev–Trinajstić information content (AvgIpc) is 3.11. The number of hydrogen-bond donors (Lipinski definition) is 4. The van der Waals surface area contributed by atoms with Crippen LogP contribution in [0.15, 0.2) is 36.8 Å². The zero-order chi connectivity index (χ0) is 19.6. The molecule has 0 aromatic carbocycles. The maximum atomic E-state index is 11.3. The highest BCUT2D eigenvalue weighted by atomic mass is 16.5. The Morgan fingerprint density at radius 3 is 2.46 bits per heavy atom. The zero-order valence-electron chi connectivity index (χ0n) is 14.7. The van der Waals surface area contributed by atoms with Gasteiger partial charge in [0.25, 0.3) is 0 Å². The fourth-order valence-corrected chi connectivity index (χ4v) is 1.58. The quantitative estimate of drug-likeness (QED) is 0.282. The van der Waals surface area contributed by atoms with Crippen molar-refractivity contribution in [1.82, 2.24) is 15.3 Å². The summed E-state index contributed by atoms with van der Waals surface area (Å²) >= 11 is 0.